The van der Waals surface area contributed by atoms with Gasteiger partial charge in [-0.05, 0) is 39.2 Å². The van der Waals surface area contributed by atoms with Crippen LogP contribution in [0.3, 0.4) is 0 Å². The minimum atomic E-state index is -1.19. The van der Waals surface area contributed by atoms with Crippen molar-refractivity contribution in [3.63, 3.8) is 0 Å². The molecule has 0 saturated carbocycles. The lowest BCUT2D eigenvalue weighted by Crippen LogP contribution is -2.56. The third-order valence-corrected chi connectivity index (χ3v) is 5.11. The van der Waals surface area contributed by atoms with E-state index in [4.69, 9.17) is 5.11 Å². The SMILES string of the molecule is CC(NC(=O)C1CCCN1C(=O)C1CCCN1)C(=O)NC(CS)C(=O)O. The number of carboxylic acid groups (broad SMARTS) is 1. The van der Waals surface area contributed by atoms with Crippen molar-refractivity contribution >= 4 is 36.3 Å². The Morgan fingerprint density at radius 2 is 1.96 bits per heavy atom. The number of carbonyl (C=O) groups excluding carboxylic acids is 3. The average Bonchev–Trinajstić information content (AvgIpc) is 3.29. The molecule has 0 radical (unpaired) electrons. The average molecular weight is 386 g/mol. The van der Waals surface area contributed by atoms with Gasteiger partial charge < -0.3 is 26.0 Å². The van der Waals surface area contributed by atoms with Gasteiger partial charge >= 0.3 is 5.97 Å². The van der Waals surface area contributed by atoms with Crippen LogP contribution in [0.5, 0.6) is 0 Å². The first-order valence-electron chi connectivity index (χ1n) is 8.83. The van der Waals surface area contributed by atoms with Crippen LogP contribution >= 0.6 is 12.6 Å². The summed E-state index contributed by atoms with van der Waals surface area (Å²) in [5.74, 6) is -2.31. The van der Waals surface area contributed by atoms with Crippen molar-refractivity contribution in [3.05, 3.63) is 0 Å². The van der Waals surface area contributed by atoms with E-state index < -0.39 is 35.9 Å². The van der Waals surface area contributed by atoms with Gasteiger partial charge in [0.15, 0.2) is 0 Å². The van der Waals surface area contributed by atoms with Crippen LogP contribution in [0.1, 0.15) is 32.6 Å². The number of thiol groups is 1. The number of likely N-dealkylation sites (tertiary alicyclic amines) is 1. The summed E-state index contributed by atoms with van der Waals surface area (Å²) in [7, 11) is 0. The fourth-order valence-electron chi connectivity index (χ4n) is 3.26. The van der Waals surface area contributed by atoms with Gasteiger partial charge in [-0.1, -0.05) is 0 Å². The lowest BCUT2D eigenvalue weighted by atomic mass is 10.1. The Kier molecular flexibility index (Phi) is 7.27. The van der Waals surface area contributed by atoms with Crippen LogP contribution in [-0.2, 0) is 19.2 Å². The summed E-state index contributed by atoms with van der Waals surface area (Å²) in [4.78, 5) is 49.7. The molecular weight excluding hydrogens is 360 g/mol. The van der Waals surface area contributed by atoms with Gasteiger partial charge in [-0.2, -0.15) is 12.6 Å². The molecule has 10 heteroatoms. The Balaban J connectivity index is 1.91. The predicted molar refractivity (Wildman–Crippen MR) is 96.8 cm³/mol. The molecule has 2 rings (SSSR count). The fraction of sp³-hybridized carbons (Fsp3) is 0.750. The van der Waals surface area contributed by atoms with Crippen LogP contribution in [0, 0.1) is 0 Å². The molecule has 0 aromatic rings. The summed E-state index contributed by atoms with van der Waals surface area (Å²) < 4.78 is 0. The second kappa shape index (κ2) is 9.22. The highest BCUT2D eigenvalue weighted by Crippen LogP contribution is 2.21. The molecular formula is C16H26N4O5S. The van der Waals surface area contributed by atoms with Crippen molar-refractivity contribution in [3.8, 4) is 0 Å². The summed E-state index contributed by atoms with van der Waals surface area (Å²) in [6, 6.07) is -2.87. The third kappa shape index (κ3) is 4.88. The van der Waals surface area contributed by atoms with Crippen LogP contribution in [0.25, 0.3) is 0 Å². The molecule has 2 saturated heterocycles. The van der Waals surface area contributed by atoms with Crippen LogP contribution in [0.4, 0.5) is 0 Å². The second-order valence-corrected chi connectivity index (χ2v) is 7.02. The number of carbonyl (C=O) groups is 4. The molecule has 26 heavy (non-hydrogen) atoms. The van der Waals surface area contributed by atoms with Crippen LogP contribution in [0.2, 0.25) is 0 Å². The molecule has 4 atom stereocenters. The number of nitrogens with one attached hydrogen (secondary N) is 3. The first-order chi connectivity index (χ1) is 12.3. The Hall–Kier alpha value is -1.81. The van der Waals surface area contributed by atoms with E-state index in [1.807, 2.05) is 0 Å². The number of aliphatic carboxylic acids is 1. The van der Waals surface area contributed by atoms with E-state index >= 15 is 0 Å². The van der Waals surface area contributed by atoms with Crippen LogP contribution in [0.15, 0.2) is 0 Å². The summed E-state index contributed by atoms with van der Waals surface area (Å²) in [5, 5.41) is 17.0. The summed E-state index contributed by atoms with van der Waals surface area (Å²) in [6.45, 7) is 2.80. The minimum absolute atomic E-state index is 0.0545. The highest BCUT2D eigenvalue weighted by Gasteiger charge is 2.38. The number of carboxylic acids is 1. The zero-order valence-corrected chi connectivity index (χ0v) is 15.6. The van der Waals surface area contributed by atoms with E-state index in [2.05, 4.69) is 28.6 Å². The summed E-state index contributed by atoms with van der Waals surface area (Å²) >= 11 is 3.88. The van der Waals surface area contributed by atoms with E-state index in [0.717, 1.165) is 25.8 Å². The molecule has 9 nitrogen and oxygen atoms in total. The van der Waals surface area contributed by atoms with E-state index in [9.17, 15) is 19.2 Å². The normalized spacial score (nSPS) is 24.8. The first-order valence-corrected chi connectivity index (χ1v) is 9.46. The topological polar surface area (TPSA) is 128 Å². The maximum atomic E-state index is 12.6. The van der Waals surface area contributed by atoms with Gasteiger partial charge in [-0.3, -0.25) is 14.4 Å². The number of amides is 3. The number of hydrogen-bond donors (Lipinski definition) is 5. The molecule has 2 aliphatic heterocycles. The number of rotatable bonds is 7. The first kappa shape index (κ1) is 20.5. The predicted octanol–water partition coefficient (Wildman–Crippen LogP) is -1.27. The standard InChI is InChI=1S/C16H26N4O5S/c1-9(13(21)19-11(8-26)16(24)25)18-14(22)12-5-3-7-20(12)15(23)10-4-2-6-17-10/h9-12,17,26H,2-8H2,1H3,(H,18,22)(H,19,21)(H,24,25). The molecule has 3 amide bonds. The molecule has 0 aromatic heterocycles. The second-order valence-electron chi connectivity index (χ2n) is 6.65. The van der Waals surface area contributed by atoms with Gasteiger partial charge in [0.05, 0.1) is 6.04 Å². The Morgan fingerprint density at radius 1 is 1.23 bits per heavy atom. The number of hydrogen-bond acceptors (Lipinski definition) is 6. The maximum Gasteiger partial charge on any atom is 0.327 e. The molecule has 2 aliphatic rings. The van der Waals surface area contributed by atoms with Crippen molar-refractivity contribution in [2.24, 2.45) is 0 Å². The van der Waals surface area contributed by atoms with E-state index in [1.54, 1.807) is 4.90 Å². The van der Waals surface area contributed by atoms with Crippen LogP contribution in [-0.4, -0.2) is 76.7 Å². The Labute approximate surface area is 157 Å². The molecule has 2 fully saturated rings. The highest BCUT2D eigenvalue weighted by molar-refractivity contribution is 7.80. The van der Waals surface area contributed by atoms with Gasteiger partial charge in [0.1, 0.15) is 18.1 Å². The molecule has 0 bridgehead atoms. The highest BCUT2D eigenvalue weighted by atomic mass is 32.1. The van der Waals surface area contributed by atoms with Crippen molar-refractivity contribution < 1.29 is 24.3 Å². The van der Waals surface area contributed by atoms with Gasteiger partial charge in [0.25, 0.3) is 0 Å². The minimum Gasteiger partial charge on any atom is -0.480 e. The van der Waals surface area contributed by atoms with Crippen molar-refractivity contribution in [1.29, 1.82) is 0 Å². The van der Waals surface area contributed by atoms with E-state index in [1.165, 1.54) is 6.92 Å². The van der Waals surface area contributed by atoms with Gasteiger partial charge in [-0.25, -0.2) is 4.79 Å². The maximum absolute atomic E-state index is 12.6. The molecule has 146 valence electrons. The van der Waals surface area contributed by atoms with Crippen LogP contribution < -0.4 is 16.0 Å². The Morgan fingerprint density at radius 3 is 2.54 bits per heavy atom. The summed E-state index contributed by atoms with van der Waals surface area (Å²) in [6.07, 6.45) is 2.99. The zero-order valence-electron chi connectivity index (χ0n) is 14.7. The van der Waals surface area contributed by atoms with Crippen molar-refractivity contribution in [1.82, 2.24) is 20.9 Å². The van der Waals surface area contributed by atoms with Gasteiger partial charge in [0.2, 0.25) is 17.7 Å². The monoisotopic (exact) mass is 386 g/mol. The molecule has 4 N–H and O–H groups in total. The quantitative estimate of drug-likeness (QED) is 0.347. The molecule has 0 aliphatic carbocycles. The molecule has 2 heterocycles. The largest absolute Gasteiger partial charge is 0.480 e. The number of nitrogens with zero attached hydrogens (tertiary/aromatic N) is 1. The van der Waals surface area contributed by atoms with Gasteiger partial charge in [0, 0.05) is 12.3 Å². The van der Waals surface area contributed by atoms with E-state index in [-0.39, 0.29) is 17.7 Å². The Bertz CT molecular complexity index is 567. The lowest BCUT2D eigenvalue weighted by Gasteiger charge is -2.27. The fourth-order valence-corrected chi connectivity index (χ4v) is 3.50. The molecule has 4 unspecified atom stereocenters. The third-order valence-electron chi connectivity index (χ3n) is 4.75. The van der Waals surface area contributed by atoms with E-state index in [0.29, 0.717) is 13.0 Å². The molecule has 0 spiro atoms. The van der Waals surface area contributed by atoms with Gasteiger partial charge in [-0.15, -0.1) is 0 Å². The van der Waals surface area contributed by atoms with Crippen molar-refractivity contribution in [2.75, 3.05) is 18.8 Å². The summed E-state index contributed by atoms with van der Waals surface area (Å²) in [5.41, 5.74) is 0. The smallest absolute Gasteiger partial charge is 0.327 e. The lowest BCUT2D eigenvalue weighted by molar-refractivity contribution is -0.142. The zero-order chi connectivity index (χ0) is 19.3. The van der Waals surface area contributed by atoms with Crippen molar-refractivity contribution in [2.45, 2.75) is 56.8 Å². The molecule has 0 aromatic carbocycles.